The molecule has 1 N–H and O–H groups in total. The second kappa shape index (κ2) is 6.55. The van der Waals surface area contributed by atoms with Gasteiger partial charge in [-0.3, -0.25) is 0 Å². The van der Waals surface area contributed by atoms with Gasteiger partial charge in [0.05, 0.1) is 11.3 Å². The Morgan fingerprint density at radius 3 is 2.32 bits per heavy atom. The first-order valence-corrected chi connectivity index (χ1v) is 9.60. The number of hydrogen-bond donors (Lipinski definition) is 1. The summed E-state index contributed by atoms with van der Waals surface area (Å²) in [7, 11) is -3.24. The average molecular weight is 321 g/mol. The minimum atomic E-state index is -3.24. The zero-order chi connectivity index (χ0) is 16.3. The van der Waals surface area contributed by atoms with Gasteiger partial charge in [0.15, 0.2) is 0 Å². The fourth-order valence-corrected chi connectivity index (χ4v) is 3.92. The van der Waals surface area contributed by atoms with Crippen LogP contribution in [0.1, 0.15) is 52.0 Å². The van der Waals surface area contributed by atoms with Gasteiger partial charge in [-0.15, -0.1) is 0 Å². The molecular weight excluding hydrogens is 294 g/mol. The molecule has 122 valence electrons. The van der Waals surface area contributed by atoms with Crippen molar-refractivity contribution in [2.45, 2.75) is 52.0 Å². The van der Waals surface area contributed by atoms with E-state index in [1.54, 1.807) is 0 Å². The molecule has 1 aliphatic carbocycles. The molecule has 0 radical (unpaired) electrons. The minimum Gasteiger partial charge on any atom is -0.212 e. The lowest BCUT2D eigenvalue weighted by Crippen LogP contribution is -2.36. The van der Waals surface area contributed by atoms with Crippen LogP contribution in [0, 0.1) is 5.41 Å². The van der Waals surface area contributed by atoms with Crippen LogP contribution < -0.4 is 4.72 Å². The number of allylic oxidation sites excluding steroid dienone is 2. The summed E-state index contributed by atoms with van der Waals surface area (Å²) in [6.45, 7) is 6.52. The molecule has 0 heterocycles. The summed E-state index contributed by atoms with van der Waals surface area (Å²) in [5, 5.41) is 0. The van der Waals surface area contributed by atoms with Crippen LogP contribution in [0.3, 0.4) is 0 Å². The summed E-state index contributed by atoms with van der Waals surface area (Å²) in [6.07, 6.45) is 7.36. The second-order valence-electron chi connectivity index (χ2n) is 7.39. The molecule has 3 nitrogen and oxygen atoms in total. The van der Waals surface area contributed by atoms with Gasteiger partial charge in [0, 0.05) is 0 Å². The molecule has 2 rings (SSSR count). The van der Waals surface area contributed by atoms with E-state index in [0.29, 0.717) is 6.42 Å². The van der Waals surface area contributed by atoms with Crippen LogP contribution in [0.4, 0.5) is 0 Å². The molecule has 0 amide bonds. The quantitative estimate of drug-likeness (QED) is 0.772. The highest BCUT2D eigenvalue weighted by atomic mass is 32.2. The van der Waals surface area contributed by atoms with Gasteiger partial charge in [-0.05, 0) is 36.7 Å². The Morgan fingerprint density at radius 2 is 1.77 bits per heavy atom. The van der Waals surface area contributed by atoms with Crippen molar-refractivity contribution in [2.24, 2.45) is 5.41 Å². The van der Waals surface area contributed by atoms with Gasteiger partial charge in [0.25, 0.3) is 0 Å². The molecule has 0 atom stereocenters. The first-order valence-electron chi connectivity index (χ1n) is 7.95. The molecule has 1 aromatic carbocycles. The van der Waals surface area contributed by atoms with Crippen molar-refractivity contribution >= 4 is 10.0 Å². The van der Waals surface area contributed by atoms with Crippen LogP contribution in [0.15, 0.2) is 42.5 Å². The normalized spacial score (nSPS) is 17.8. The molecule has 1 fully saturated rings. The average Bonchev–Trinajstić information content (AvgIpc) is 3.18. The van der Waals surface area contributed by atoms with E-state index in [0.717, 1.165) is 24.8 Å². The lowest BCUT2D eigenvalue weighted by atomic mass is 9.92. The van der Waals surface area contributed by atoms with Gasteiger partial charge in [-0.25, -0.2) is 13.1 Å². The number of hydrogen-bond acceptors (Lipinski definition) is 2. The maximum atomic E-state index is 12.3. The number of sulfonamides is 1. The van der Waals surface area contributed by atoms with Crippen LogP contribution >= 0.6 is 0 Å². The Morgan fingerprint density at radius 1 is 1.14 bits per heavy atom. The highest BCUT2D eigenvalue weighted by molar-refractivity contribution is 7.89. The number of nitrogens with one attached hydrogen (secondary N) is 1. The van der Waals surface area contributed by atoms with Crippen LogP contribution in [0.5, 0.6) is 0 Å². The van der Waals surface area contributed by atoms with E-state index in [4.69, 9.17) is 0 Å². The van der Waals surface area contributed by atoms with Crippen molar-refractivity contribution in [2.75, 3.05) is 5.75 Å². The molecular formula is C18H27NO2S. The van der Waals surface area contributed by atoms with Crippen LogP contribution in [-0.4, -0.2) is 14.2 Å². The maximum absolute atomic E-state index is 12.3. The van der Waals surface area contributed by atoms with Crippen LogP contribution in [-0.2, 0) is 15.6 Å². The molecule has 0 bridgehead atoms. The first-order chi connectivity index (χ1) is 10.2. The zero-order valence-electron chi connectivity index (χ0n) is 13.8. The Balaban J connectivity index is 1.87. The summed E-state index contributed by atoms with van der Waals surface area (Å²) < 4.78 is 27.5. The third-order valence-electron chi connectivity index (χ3n) is 3.88. The van der Waals surface area contributed by atoms with Gasteiger partial charge >= 0.3 is 0 Å². The summed E-state index contributed by atoms with van der Waals surface area (Å²) >= 11 is 0. The third kappa shape index (κ3) is 5.25. The van der Waals surface area contributed by atoms with E-state index in [1.165, 1.54) is 0 Å². The minimum absolute atomic E-state index is 0.155. The van der Waals surface area contributed by atoms with Gasteiger partial charge in [-0.1, -0.05) is 63.3 Å². The number of benzene rings is 1. The monoisotopic (exact) mass is 321 g/mol. The molecule has 0 saturated heterocycles. The SMILES string of the molecule is CC(C)(C)C/C=C\CCS(=O)(=O)NC1(c2ccccc2)CC1. The predicted molar refractivity (Wildman–Crippen MR) is 92.1 cm³/mol. The van der Waals surface area contributed by atoms with Crippen LogP contribution in [0.25, 0.3) is 0 Å². The van der Waals surface area contributed by atoms with Crippen molar-refractivity contribution in [1.82, 2.24) is 4.72 Å². The van der Waals surface area contributed by atoms with E-state index in [-0.39, 0.29) is 16.7 Å². The molecule has 1 aliphatic rings. The van der Waals surface area contributed by atoms with Gasteiger partial charge < -0.3 is 0 Å². The molecule has 4 heteroatoms. The Hall–Kier alpha value is -1.13. The fraction of sp³-hybridized carbons (Fsp3) is 0.556. The maximum Gasteiger partial charge on any atom is 0.212 e. The second-order valence-corrected chi connectivity index (χ2v) is 9.24. The lowest BCUT2D eigenvalue weighted by Gasteiger charge is -2.17. The lowest BCUT2D eigenvalue weighted by molar-refractivity contribution is 0.420. The van der Waals surface area contributed by atoms with Gasteiger partial charge in [-0.2, -0.15) is 0 Å². The molecule has 1 aromatic rings. The van der Waals surface area contributed by atoms with E-state index >= 15 is 0 Å². The zero-order valence-corrected chi connectivity index (χ0v) is 14.6. The Kier molecular flexibility index (Phi) is 5.13. The standard InChI is InChI=1S/C18H27NO2S/c1-17(2,3)12-8-5-9-15-22(20,21)19-18(13-14-18)16-10-6-4-7-11-16/h4-8,10-11,19H,9,12-15H2,1-3H3/b8-5-. The summed E-state index contributed by atoms with van der Waals surface area (Å²) in [5.74, 6) is 0.155. The van der Waals surface area contributed by atoms with Crippen molar-refractivity contribution in [1.29, 1.82) is 0 Å². The van der Waals surface area contributed by atoms with E-state index in [9.17, 15) is 8.42 Å². The predicted octanol–water partition coefficient (Wildman–Crippen LogP) is 3.98. The van der Waals surface area contributed by atoms with Crippen molar-refractivity contribution in [3.05, 3.63) is 48.0 Å². The molecule has 0 spiro atoms. The molecule has 1 saturated carbocycles. The van der Waals surface area contributed by atoms with Crippen molar-refractivity contribution < 1.29 is 8.42 Å². The fourth-order valence-electron chi connectivity index (χ4n) is 2.46. The third-order valence-corrected chi connectivity index (χ3v) is 5.35. The van der Waals surface area contributed by atoms with Crippen molar-refractivity contribution in [3.8, 4) is 0 Å². The van der Waals surface area contributed by atoms with Gasteiger partial charge in [0.1, 0.15) is 0 Å². The van der Waals surface area contributed by atoms with Crippen molar-refractivity contribution in [3.63, 3.8) is 0 Å². The smallest absolute Gasteiger partial charge is 0.212 e. The highest BCUT2D eigenvalue weighted by Crippen LogP contribution is 2.45. The summed E-state index contributed by atoms with van der Waals surface area (Å²) in [4.78, 5) is 0. The summed E-state index contributed by atoms with van der Waals surface area (Å²) in [6, 6.07) is 9.86. The largest absolute Gasteiger partial charge is 0.212 e. The van der Waals surface area contributed by atoms with E-state index in [2.05, 4.69) is 31.6 Å². The topological polar surface area (TPSA) is 46.2 Å². The number of rotatable bonds is 7. The Bertz CT molecular complexity index is 608. The van der Waals surface area contributed by atoms with E-state index < -0.39 is 10.0 Å². The van der Waals surface area contributed by atoms with Gasteiger partial charge in [0.2, 0.25) is 10.0 Å². The molecule has 22 heavy (non-hydrogen) atoms. The summed E-state index contributed by atoms with van der Waals surface area (Å²) in [5.41, 5.74) is 0.968. The molecule has 0 aromatic heterocycles. The molecule has 0 unspecified atom stereocenters. The van der Waals surface area contributed by atoms with Crippen LogP contribution in [0.2, 0.25) is 0 Å². The molecule has 0 aliphatic heterocycles. The Labute approximate surface area is 134 Å². The first kappa shape index (κ1) is 17.2. The highest BCUT2D eigenvalue weighted by Gasteiger charge is 2.46. The van der Waals surface area contributed by atoms with E-state index in [1.807, 2.05) is 36.4 Å².